The fourth-order valence-corrected chi connectivity index (χ4v) is 3.56. The van der Waals surface area contributed by atoms with Crippen molar-refractivity contribution >= 4 is 5.69 Å². The number of para-hydroxylation sites is 1. The largest absolute Gasteiger partial charge is 0.370 e. The maximum absolute atomic E-state index is 9.19. The van der Waals surface area contributed by atoms with Gasteiger partial charge in [-0.15, -0.1) is 0 Å². The first-order valence-electron chi connectivity index (χ1n) is 6.79. The van der Waals surface area contributed by atoms with E-state index in [1.54, 1.807) is 0 Å². The molecule has 3 unspecified atom stereocenters. The summed E-state index contributed by atoms with van der Waals surface area (Å²) in [5.74, 6) is 1.34. The zero-order chi connectivity index (χ0) is 12.5. The number of rotatable bonds is 1. The highest BCUT2D eigenvalue weighted by molar-refractivity contribution is 5.59. The highest BCUT2D eigenvalue weighted by Crippen LogP contribution is 2.38. The highest BCUT2D eigenvalue weighted by atomic mass is 15.2. The van der Waals surface area contributed by atoms with Crippen LogP contribution in [0.4, 0.5) is 5.69 Å². The monoisotopic (exact) mass is 241 g/mol. The Bertz CT molecular complexity index is 477. The lowest BCUT2D eigenvalue weighted by Gasteiger charge is -2.29. The fourth-order valence-electron chi connectivity index (χ4n) is 3.56. The summed E-state index contributed by atoms with van der Waals surface area (Å²) < 4.78 is 0. The maximum atomic E-state index is 9.19. The van der Waals surface area contributed by atoms with Crippen LogP contribution in [0.2, 0.25) is 0 Å². The predicted octanol–water partition coefficient (Wildman–Crippen LogP) is 2.12. The minimum absolute atomic E-state index is 0.350. The Morgan fingerprint density at radius 2 is 2.06 bits per heavy atom. The number of nitriles is 1. The summed E-state index contributed by atoms with van der Waals surface area (Å²) in [6.07, 6.45) is 3.72. The summed E-state index contributed by atoms with van der Waals surface area (Å²) in [6, 6.07) is 10.5. The van der Waals surface area contributed by atoms with Crippen LogP contribution >= 0.6 is 0 Å². The van der Waals surface area contributed by atoms with E-state index in [1.807, 2.05) is 18.2 Å². The van der Waals surface area contributed by atoms with Crippen molar-refractivity contribution in [2.75, 3.05) is 18.0 Å². The minimum atomic E-state index is 0.350. The molecule has 3 heteroatoms. The van der Waals surface area contributed by atoms with Gasteiger partial charge in [-0.25, -0.2) is 0 Å². The van der Waals surface area contributed by atoms with Crippen LogP contribution in [-0.2, 0) is 0 Å². The van der Waals surface area contributed by atoms with Gasteiger partial charge in [0.05, 0.1) is 11.3 Å². The summed E-state index contributed by atoms with van der Waals surface area (Å²) in [7, 11) is 0. The van der Waals surface area contributed by atoms with E-state index in [1.165, 1.54) is 12.8 Å². The number of nitrogens with zero attached hydrogens (tertiary/aromatic N) is 2. The second-order valence-corrected chi connectivity index (χ2v) is 5.55. The Labute approximate surface area is 108 Å². The lowest BCUT2D eigenvalue weighted by Crippen LogP contribution is -2.38. The molecule has 94 valence electrons. The van der Waals surface area contributed by atoms with E-state index in [-0.39, 0.29) is 0 Å². The number of fused-ring (bicyclic) bond motifs is 1. The van der Waals surface area contributed by atoms with Crippen molar-refractivity contribution in [2.24, 2.45) is 17.6 Å². The molecule has 3 atom stereocenters. The van der Waals surface area contributed by atoms with Gasteiger partial charge in [-0.2, -0.15) is 5.26 Å². The van der Waals surface area contributed by atoms with E-state index < -0.39 is 0 Å². The molecular formula is C15H19N3. The normalized spacial score (nSPS) is 30.9. The van der Waals surface area contributed by atoms with Gasteiger partial charge in [0.1, 0.15) is 6.07 Å². The Kier molecular flexibility index (Phi) is 2.97. The first-order valence-corrected chi connectivity index (χ1v) is 6.79. The second kappa shape index (κ2) is 4.62. The van der Waals surface area contributed by atoms with Crippen molar-refractivity contribution < 1.29 is 0 Å². The lowest BCUT2D eigenvalue weighted by atomic mass is 9.78. The van der Waals surface area contributed by atoms with Crippen LogP contribution in [0, 0.1) is 23.2 Å². The average Bonchev–Trinajstić information content (AvgIpc) is 2.84. The molecule has 18 heavy (non-hydrogen) atoms. The molecule has 0 amide bonds. The van der Waals surface area contributed by atoms with Crippen molar-refractivity contribution in [3.8, 4) is 6.07 Å². The molecule has 0 radical (unpaired) electrons. The zero-order valence-corrected chi connectivity index (χ0v) is 10.5. The smallest absolute Gasteiger partial charge is 0.101 e. The molecule has 1 aromatic rings. The average molecular weight is 241 g/mol. The van der Waals surface area contributed by atoms with E-state index in [4.69, 9.17) is 5.73 Å². The molecule has 1 aliphatic carbocycles. The van der Waals surface area contributed by atoms with Crippen LogP contribution in [0.1, 0.15) is 24.8 Å². The Morgan fingerprint density at radius 3 is 2.83 bits per heavy atom. The fraction of sp³-hybridized carbons (Fsp3) is 0.533. The van der Waals surface area contributed by atoms with Crippen molar-refractivity contribution in [3.05, 3.63) is 29.8 Å². The molecule has 2 aliphatic rings. The Hall–Kier alpha value is -1.53. The van der Waals surface area contributed by atoms with Crippen LogP contribution in [-0.4, -0.2) is 19.1 Å². The van der Waals surface area contributed by atoms with Crippen LogP contribution in [0.5, 0.6) is 0 Å². The Morgan fingerprint density at radius 1 is 1.22 bits per heavy atom. The minimum Gasteiger partial charge on any atom is -0.370 e. The van der Waals surface area contributed by atoms with Crippen molar-refractivity contribution in [2.45, 2.75) is 25.3 Å². The van der Waals surface area contributed by atoms with E-state index in [0.717, 1.165) is 36.7 Å². The molecular weight excluding hydrogens is 222 g/mol. The van der Waals surface area contributed by atoms with E-state index in [9.17, 15) is 5.26 Å². The number of nitrogens with two attached hydrogens (primary N) is 1. The van der Waals surface area contributed by atoms with Crippen molar-refractivity contribution in [1.82, 2.24) is 0 Å². The quantitative estimate of drug-likeness (QED) is 0.819. The summed E-state index contributed by atoms with van der Waals surface area (Å²) in [4.78, 5) is 2.36. The van der Waals surface area contributed by atoms with Gasteiger partial charge < -0.3 is 10.6 Å². The maximum Gasteiger partial charge on any atom is 0.101 e. The van der Waals surface area contributed by atoms with Crippen LogP contribution in [0.15, 0.2) is 24.3 Å². The number of hydrogen-bond donors (Lipinski definition) is 1. The Balaban J connectivity index is 1.85. The van der Waals surface area contributed by atoms with Gasteiger partial charge in [0.2, 0.25) is 0 Å². The van der Waals surface area contributed by atoms with Crippen LogP contribution in [0.3, 0.4) is 0 Å². The number of anilines is 1. The van der Waals surface area contributed by atoms with Gasteiger partial charge >= 0.3 is 0 Å². The molecule has 3 rings (SSSR count). The summed E-state index contributed by atoms with van der Waals surface area (Å²) >= 11 is 0. The SMILES string of the molecule is N#Cc1ccccc1N1CC2CCCC(N)C2C1. The first-order chi connectivity index (χ1) is 8.79. The van der Waals surface area contributed by atoms with Crippen molar-refractivity contribution in [1.29, 1.82) is 5.26 Å². The second-order valence-electron chi connectivity index (χ2n) is 5.55. The molecule has 1 aliphatic heterocycles. The van der Waals surface area contributed by atoms with Crippen LogP contribution in [0.25, 0.3) is 0 Å². The number of benzene rings is 1. The predicted molar refractivity (Wildman–Crippen MR) is 72.2 cm³/mol. The molecule has 0 aromatic heterocycles. The third-order valence-corrected chi connectivity index (χ3v) is 4.52. The zero-order valence-electron chi connectivity index (χ0n) is 10.5. The molecule has 1 saturated carbocycles. The van der Waals surface area contributed by atoms with E-state index >= 15 is 0 Å². The number of hydrogen-bond acceptors (Lipinski definition) is 3. The van der Waals surface area contributed by atoms with Gasteiger partial charge in [0, 0.05) is 19.1 Å². The third kappa shape index (κ3) is 1.87. The summed E-state index contributed by atoms with van der Waals surface area (Å²) in [6.45, 7) is 2.08. The molecule has 3 nitrogen and oxygen atoms in total. The standard InChI is InChI=1S/C15H19N3/c16-8-11-4-1-2-7-15(11)18-9-12-5-3-6-14(17)13(12)10-18/h1-2,4,7,12-14H,3,5-6,9-10,17H2. The van der Waals surface area contributed by atoms with Gasteiger partial charge in [0.25, 0.3) is 0 Å². The molecule has 1 heterocycles. The lowest BCUT2D eigenvalue weighted by molar-refractivity contribution is 0.260. The first kappa shape index (κ1) is 11.6. The molecule has 2 N–H and O–H groups in total. The van der Waals surface area contributed by atoms with Gasteiger partial charge in [-0.3, -0.25) is 0 Å². The molecule has 0 spiro atoms. The van der Waals surface area contributed by atoms with Gasteiger partial charge in [0.15, 0.2) is 0 Å². The van der Waals surface area contributed by atoms with Crippen LogP contribution < -0.4 is 10.6 Å². The molecule has 1 aromatic carbocycles. The van der Waals surface area contributed by atoms with Gasteiger partial charge in [-0.05, 0) is 36.8 Å². The van der Waals surface area contributed by atoms with E-state index in [0.29, 0.717) is 12.0 Å². The van der Waals surface area contributed by atoms with Gasteiger partial charge in [-0.1, -0.05) is 18.6 Å². The molecule has 2 fully saturated rings. The van der Waals surface area contributed by atoms with E-state index in [2.05, 4.69) is 17.0 Å². The molecule has 0 bridgehead atoms. The summed E-state index contributed by atoms with van der Waals surface area (Å²) in [5.41, 5.74) is 8.11. The third-order valence-electron chi connectivity index (χ3n) is 4.52. The topological polar surface area (TPSA) is 53.0 Å². The summed E-state index contributed by atoms with van der Waals surface area (Å²) in [5, 5.41) is 9.19. The highest BCUT2D eigenvalue weighted by Gasteiger charge is 2.39. The molecule has 1 saturated heterocycles. The van der Waals surface area contributed by atoms with Crippen molar-refractivity contribution in [3.63, 3.8) is 0 Å².